The number of alkyl halides is 1. The maximum atomic E-state index is 14.1. The van der Waals surface area contributed by atoms with Crippen molar-refractivity contribution in [3.05, 3.63) is 30.0 Å². The van der Waals surface area contributed by atoms with Gasteiger partial charge in [0.2, 0.25) is 11.5 Å². The van der Waals surface area contributed by atoms with E-state index < -0.39 is 30.1 Å². The van der Waals surface area contributed by atoms with E-state index in [4.69, 9.17) is 20.3 Å². The number of aliphatic hydroxyl groups excluding tert-OH is 1. The van der Waals surface area contributed by atoms with Crippen LogP contribution in [0, 0.1) is 0 Å². The molecule has 1 saturated heterocycles. The highest BCUT2D eigenvalue weighted by atomic mass is 19.1. The number of methoxy groups -OCH3 is 1. The standard InChI is InChI=1S/C18H20FN3O5/c1-26-14-7-12-10(6-13(14)15(20)24)2-4-21-16(12)27-5-3-11-8-18(19,9-23)17(25)22-11/h2,4,6-7,11,23H,3,5,8-9H2,1H3,(H2,20,24)(H,22,25)/t11-,18-/m1/s1. The van der Waals surface area contributed by atoms with Gasteiger partial charge in [-0.1, -0.05) is 0 Å². The van der Waals surface area contributed by atoms with Crippen LogP contribution in [0.5, 0.6) is 11.6 Å². The molecule has 2 amide bonds. The number of rotatable bonds is 7. The molecule has 8 nitrogen and oxygen atoms in total. The fourth-order valence-electron chi connectivity index (χ4n) is 3.11. The highest BCUT2D eigenvalue weighted by Gasteiger charge is 2.46. The van der Waals surface area contributed by atoms with Gasteiger partial charge in [-0.3, -0.25) is 9.59 Å². The smallest absolute Gasteiger partial charge is 0.260 e. The topological polar surface area (TPSA) is 124 Å². The monoisotopic (exact) mass is 377 g/mol. The molecule has 0 saturated carbocycles. The Morgan fingerprint density at radius 2 is 2.30 bits per heavy atom. The van der Waals surface area contributed by atoms with Gasteiger partial charge >= 0.3 is 0 Å². The number of hydrogen-bond donors (Lipinski definition) is 3. The molecule has 1 aliphatic rings. The summed E-state index contributed by atoms with van der Waals surface area (Å²) >= 11 is 0. The summed E-state index contributed by atoms with van der Waals surface area (Å²) in [5, 5.41) is 12.9. The van der Waals surface area contributed by atoms with Crippen LogP contribution in [0.1, 0.15) is 23.2 Å². The number of aliphatic hydroxyl groups is 1. The van der Waals surface area contributed by atoms with Gasteiger partial charge in [-0.05, 0) is 23.6 Å². The summed E-state index contributed by atoms with van der Waals surface area (Å²) in [6, 6.07) is 4.50. The lowest BCUT2D eigenvalue weighted by atomic mass is 10.0. The first-order valence-electron chi connectivity index (χ1n) is 8.38. The van der Waals surface area contributed by atoms with Crippen molar-refractivity contribution < 1.29 is 28.6 Å². The summed E-state index contributed by atoms with van der Waals surface area (Å²) in [4.78, 5) is 27.3. The van der Waals surface area contributed by atoms with Crippen molar-refractivity contribution in [2.75, 3.05) is 20.3 Å². The Hall–Kier alpha value is -2.94. The Labute approximate surface area is 154 Å². The molecule has 0 radical (unpaired) electrons. The van der Waals surface area contributed by atoms with E-state index in [9.17, 15) is 14.0 Å². The second kappa shape index (κ2) is 7.36. The molecule has 9 heteroatoms. The Bertz CT molecular complexity index is 891. The van der Waals surface area contributed by atoms with Crippen LogP contribution in [0.4, 0.5) is 4.39 Å². The van der Waals surface area contributed by atoms with E-state index >= 15 is 0 Å². The molecule has 1 aromatic heterocycles. The van der Waals surface area contributed by atoms with E-state index in [0.29, 0.717) is 28.8 Å². The van der Waals surface area contributed by atoms with Gasteiger partial charge in [0, 0.05) is 30.5 Å². The molecule has 144 valence electrons. The number of nitrogens with one attached hydrogen (secondary N) is 1. The van der Waals surface area contributed by atoms with Crippen LogP contribution in [0.3, 0.4) is 0 Å². The first kappa shape index (κ1) is 18.8. The SMILES string of the molecule is COc1cc2c(OCC[C@@H]3C[C@@](F)(CO)C(=O)N3)nccc2cc1C(N)=O. The van der Waals surface area contributed by atoms with Gasteiger partial charge in [-0.2, -0.15) is 0 Å². The lowest BCUT2D eigenvalue weighted by Crippen LogP contribution is -2.37. The third-order valence-electron chi connectivity index (χ3n) is 4.58. The third-order valence-corrected chi connectivity index (χ3v) is 4.58. The first-order valence-corrected chi connectivity index (χ1v) is 8.38. The molecule has 0 bridgehead atoms. The van der Waals surface area contributed by atoms with Gasteiger partial charge < -0.3 is 25.6 Å². The number of pyridine rings is 1. The fraction of sp³-hybridized carbons (Fsp3) is 0.389. The normalized spacial score (nSPS) is 21.9. The van der Waals surface area contributed by atoms with Crippen molar-refractivity contribution in [3.8, 4) is 11.6 Å². The summed E-state index contributed by atoms with van der Waals surface area (Å²) in [5.41, 5.74) is 3.38. The zero-order valence-corrected chi connectivity index (χ0v) is 14.7. The number of hydrogen-bond acceptors (Lipinski definition) is 6. The van der Waals surface area contributed by atoms with Crippen molar-refractivity contribution in [2.24, 2.45) is 5.73 Å². The summed E-state index contributed by atoms with van der Waals surface area (Å²) in [5.74, 6) is -0.786. The quantitative estimate of drug-likeness (QED) is 0.653. The Morgan fingerprint density at radius 3 is 2.93 bits per heavy atom. The molecule has 0 spiro atoms. The number of aromatic nitrogens is 1. The molecule has 3 rings (SSSR count). The molecule has 27 heavy (non-hydrogen) atoms. The van der Waals surface area contributed by atoms with E-state index in [1.165, 1.54) is 13.3 Å². The van der Waals surface area contributed by atoms with Crippen molar-refractivity contribution >= 4 is 22.6 Å². The Morgan fingerprint density at radius 1 is 1.52 bits per heavy atom. The van der Waals surface area contributed by atoms with E-state index in [-0.39, 0.29) is 18.6 Å². The number of nitrogens with two attached hydrogens (primary N) is 1. The molecule has 2 atom stereocenters. The minimum absolute atomic E-state index is 0.107. The minimum Gasteiger partial charge on any atom is -0.496 e. The lowest BCUT2D eigenvalue weighted by Gasteiger charge is -2.14. The van der Waals surface area contributed by atoms with Crippen molar-refractivity contribution in [3.63, 3.8) is 0 Å². The van der Waals surface area contributed by atoms with E-state index in [0.717, 1.165) is 0 Å². The maximum absolute atomic E-state index is 14.1. The second-order valence-electron chi connectivity index (χ2n) is 6.39. The number of benzene rings is 1. The van der Waals surface area contributed by atoms with Crippen LogP contribution in [0.15, 0.2) is 24.4 Å². The van der Waals surface area contributed by atoms with Crippen LogP contribution in [-0.2, 0) is 4.79 Å². The van der Waals surface area contributed by atoms with Crippen LogP contribution in [-0.4, -0.2) is 53.9 Å². The molecule has 0 aliphatic carbocycles. The maximum Gasteiger partial charge on any atom is 0.260 e. The molecular weight excluding hydrogens is 357 g/mol. The van der Waals surface area contributed by atoms with Crippen molar-refractivity contribution in [2.45, 2.75) is 24.6 Å². The Balaban J connectivity index is 1.74. The molecule has 2 heterocycles. The van der Waals surface area contributed by atoms with Gasteiger partial charge in [-0.25, -0.2) is 9.37 Å². The van der Waals surface area contributed by atoms with Crippen molar-refractivity contribution in [1.82, 2.24) is 10.3 Å². The predicted molar refractivity (Wildman–Crippen MR) is 94.4 cm³/mol. The molecule has 0 unspecified atom stereocenters. The van der Waals surface area contributed by atoms with Gasteiger partial charge in [-0.15, -0.1) is 0 Å². The highest BCUT2D eigenvalue weighted by molar-refractivity contribution is 6.01. The molecular formula is C18H20FN3O5. The zero-order chi connectivity index (χ0) is 19.6. The average molecular weight is 377 g/mol. The van der Waals surface area contributed by atoms with Crippen molar-refractivity contribution in [1.29, 1.82) is 0 Å². The minimum atomic E-state index is -2.24. The number of carbonyl (C=O) groups is 2. The second-order valence-corrected chi connectivity index (χ2v) is 6.39. The summed E-state index contributed by atoms with van der Waals surface area (Å²) < 4.78 is 25.0. The average Bonchev–Trinajstić information content (AvgIpc) is 2.95. The third kappa shape index (κ3) is 3.63. The van der Waals surface area contributed by atoms with Crippen LogP contribution in [0.25, 0.3) is 10.8 Å². The number of carbonyl (C=O) groups excluding carboxylic acids is 2. The molecule has 1 aliphatic heterocycles. The number of halogens is 1. The van der Waals surface area contributed by atoms with Gasteiger partial charge in [0.15, 0.2) is 0 Å². The van der Waals surface area contributed by atoms with Crippen LogP contribution in [0.2, 0.25) is 0 Å². The molecule has 2 aromatic rings. The number of fused-ring (bicyclic) bond motifs is 1. The molecule has 1 fully saturated rings. The number of nitrogens with zero attached hydrogens (tertiary/aromatic N) is 1. The summed E-state index contributed by atoms with van der Waals surface area (Å²) in [6.07, 6.45) is 1.78. The number of primary amides is 1. The zero-order valence-electron chi connectivity index (χ0n) is 14.7. The number of amides is 2. The largest absolute Gasteiger partial charge is 0.496 e. The van der Waals surface area contributed by atoms with E-state index in [1.54, 1.807) is 18.2 Å². The summed E-state index contributed by atoms with van der Waals surface area (Å²) in [6.45, 7) is -0.665. The Kier molecular flexibility index (Phi) is 5.13. The first-order chi connectivity index (χ1) is 12.9. The van der Waals surface area contributed by atoms with Crippen LogP contribution >= 0.6 is 0 Å². The van der Waals surface area contributed by atoms with Gasteiger partial charge in [0.1, 0.15) is 5.75 Å². The van der Waals surface area contributed by atoms with Gasteiger partial charge in [0.05, 0.1) is 25.9 Å². The van der Waals surface area contributed by atoms with Crippen LogP contribution < -0.4 is 20.5 Å². The molecule has 4 N–H and O–H groups in total. The molecule has 1 aromatic carbocycles. The van der Waals surface area contributed by atoms with E-state index in [2.05, 4.69) is 10.3 Å². The van der Waals surface area contributed by atoms with Gasteiger partial charge in [0.25, 0.3) is 11.8 Å². The number of ether oxygens (including phenoxy) is 2. The predicted octanol–water partition coefficient (Wildman–Crippen LogP) is 0.700. The fourth-order valence-corrected chi connectivity index (χ4v) is 3.11. The van der Waals surface area contributed by atoms with E-state index in [1.807, 2.05) is 0 Å². The highest BCUT2D eigenvalue weighted by Crippen LogP contribution is 2.31. The lowest BCUT2D eigenvalue weighted by molar-refractivity contribution is -0.131. The summed E-state index contributed by atoms with van der Waals surface area (Å²) in [7, 11) is 1.43.